The number of ether oxygens (including phenoxy) is 3. The van der Waals surface area contributed by atoms with Crippen molar-refractivity contribution in [2.75, 3.05) is 26.4 Å². The number of rotatable bonds is 5. The van der Waals surface area contributed by atoms with Gasteiger partial charge in [0.2, 0.25) is 0 Å². The average Bonchev–Trinajstić information content (AvgIpc) is 2.44. The van der Waals surface area contributed by atoms with Gasteiger partial charge in [0.25, 0.3) is 0 Å². The Kier molecular flexibility index (Phi) is 5.74. The lowest BCUT2D eigenvalue weighted by Crippen LogP contribution is -2.49. The van der Waals surface area contributed by atoms with Gasteiger partial charge in [-0.3, -0.25) is 0 Å². The van der Waals surface area contributed by atoms with Crippen molar-refractivity contribution in [1.82, 2.24) is 0 Å². The minimum Gasteiger partial charge on any atom is -0.462 e. The largest absolute Gasteiger partial charge is 0.462 e. The molecule has 20 heavy (non-hydrogen) atoms. The zero-order valence-corrected chi connectivity index (χ0v) is 13.1. The lowest BCUT2D eigenvalue weighted by Gasteiger charge is -2.42. The van der Waals surface area contributed by atoms with Gasteiger partial charge in [-0.2, -0.15) is 0 Å². The highest BCUT2D eigenvalue weighted by atomic mass is 16.7. The molecule has 0 aromatic heterocycles. The van der Waals surface area contributed by atoms with Crippen molar-refractivity contribution in [2.45, 2.75) is 40.9 Å². The zero-order chi connectivity index (χ0) is 15.4. The highest BCUT2D eigenvalue weighted by Gasteiger charge is 2.40. The number of carbonyl (C=O) groups excluding carboxylic acids is 1. The molecule has 0 radical (unpaired) electrons. The van der Waals surface area contributed by atoms with Gasteiger partial charge in [0, 0.05) is 16.4 Å². The van der Waals surface area contributed by atoms with Gasteiger partial charge in [-0.15, -0.1) is 0 Å². The molecule has 1 aliphatic heterocycles. The third-order valence-electron chi connectivity index (χ3n) is 3.52. The molecule has 5 heteroatoms. The fourth-order valence-corrected chi connectivity index (χ4v) is 1.74. The first-order chi connectivity index (χ1) is 9.24. The molecule has 1 aliphatic rings. The molecule has 0 aromatic carbocycles. The quantitative estimate of drug-likeness (QED) is 0.617. The highest BCUT2D eigenvalue weighted by molar-refractivity contribution is 5.87. The van der Waals surface area contributed by atoms with E-state index in [4.69, 9.17) is 14.2 Å². The molecule has 116 valence electrons. The summed E-state index contributed by atoms with van der Waals surface area (Å²) in [5, 5.41) is 9.27. The second kappa shape index (κ2) is 6.70. The molecule has 0 atom stereocenters. The van der Waals surface area contributed by atoms with Crippen LogP contribution in [0.4, 0.5) is 0 Å². The van der Waals surface area contributed by atoms with Crippen molar-refractivity contribution >= 4 is 5.97 Å². The molecule has 0 aromatic rings. The summed E-state index contributed by atoms with van der Waals surface area (Å²) >= 11 is 0. The summed E-state index contributed by atoms with van der Waals surface area (Å²) in [6.07, 6.45) is 1.27. The Morgan fingerprint density at radius 3 is 2.45 bits per heavy atom. The monoisotopic (exact) mass is 286 g/mol. The first kappa shape index (κ1) is 17.1. The van der Waals surface area contributed by atoms with Crippen LogP contribution >= 0.6 is 0 Å². The van der Waals surface area contributed by atoms with Gasteiger partial charge in [-0.1, -0.05) is 26.8 Å². The maximum Gasteiger partial charge on any atom is 0.333 e. The fourth-order valence-electron chi connectivity index (χ4n) is 1.74. The van der Waals surface area contributed by atoms with E-state index in [0.29, 0.717) is 18.8 Å². The number of allylic oxidation sites excluding steroid dienone is 1. The first-order valence-corrected chi connectivity index (χ1v) is 6.88. The van der Waals surface area contributed by atoms with E-state index in [1.54, 1.807) is 19.9 Å². The lowest BCUT2D eigenvalue weighted by atomic mass is 9.89. The molecule has 1 N–H and O–H groups in total. The molecule has 0 bridgehead atoms. The van der Waals surface area contributed by atoms with Crippen LogP contribution in [-0.2, 0) is 19.0 Å². The molecule has 0 unspecified atom stereocenters. The summed E-state index contributed by atoms with van der Waals surface area (Å²) in [4.78, 5) is 11.6. The number of hydrogen-bond acceptors (Lipinski definition) is 5. The van der Waals surface area contributed by atoms with Crippen LogP contribution in [0.3, 0.4) is 0 Å². The second-order valence-electron chi connectivity index (χ2n) is 6.46. The SMILES string of the molecule is CC=C(C)C(=O)OCC(C)(C)C1OCC(C)(CO)CO1. The summed E-state index contributed by atoms with van der Waals surface area (Å²) < 4.78 is 16.6. The molecule has 1 saturated heterocycles. The Balaban J connectivity index is 2.52. The maximum atomic E-state index is 11.6. The third-order valence-corrected chi connectivity index (χ3v) is 3.52. The van der Waals surface area contributed by atoms with E-state index >= 15 is 0 Å². The Hall–Kier alpha value is -0.910. The lowest BCUT2D eigenvalue weighted by molar-refractivity contribution is -0.276. The summed E-state index contributed by atoms with van der Waals surface area (Å²) in [6, 6.07) is 0. The van der Waals surface area contributed by atoms with Crippen molar-refractivity contribution in [3.05, 3.63) is 11.6 Å². The van der Waals surface area contributed by atoms with Crippen LogP contribution in [0.2, 0.25) is 0 Å². The van der Waals surface area contributed by atoms with Crippen LogP contribution in [0.15, 0.2) is 11.6 Å². The van der Waals surface area contributed by atoms with Crippen LogP contribution in [-0.4, -0.2) is 43.8 Å². The number of aliphatic hydroxyl groups excluding tert-OH is 1. The van der Waals surface area contributed by atoms with Gasteiger partial charge >= 0.3 is 5.97 Å². The van der Waals surface area contributed by atoms with Gasteiger partial charge in [0.05, 0.1) is 19.8 Å². The first-order valence-electron chi connectivity index (χ1n) is 6.88. The van der Waals surface area contributed by atoms with E-state index in [2.05, 4.69) is 0 Å². The highest BCUT2D eigenvalue weighted by Crippen LogP contribution is 2.32. The van der Waals surface area contributed by atoms with Crippen molar-refractivity contribution < 1.29 is 24.1 Å². The normalized spacial score (nSPS) is 28.3. The zero-order valence-electron chi connectivity index (χ0n) is 13.1. The Morgan fingerprint density at radius 1 is 1.45 bits per heavy atom. The van der Waals surface area contributed by atoms with Crippen LogP contribution < -0.4 is 0 Å². The van der Waals surface area contributed by atoms with E-state index in [0.717, 1.165) is 0 Å². The summed E-state index contributed by atoms with van der Waals surface area (Å²) in [7, 11) is 0. The van der Waals surface area contributed by atoms with E-state index in [9.17, 15) is 9.90 Å². The second-order valence-corrected chi connectivity index (χ2v) is 6.46. The Labute approximate surface area is 120 Å². The standard InChI is InChI=1S/C15H26O5/c1-6-11(2)12(17)18-8-14(3,4)13-19-9-15(5,7-16)10-20-13/h6,13,16H,7-10H2,1-5H3. The number of aliphatic hydroxyl groups is 1. The molecule has 1 heterocycles. The molecular weight excluding hydrogens is 260 g/mol. The van der Waals surface area contributed by atoms with E-state index < -0.39 is 11.7 Å². The Morgan fingerprint density at radius 2 is 2.00 bits per heavy atom. The molecule has 0 spiro atoms. The summed E-state index contributed by atoms with van der Waals surface area (Å²) in [6.45, 7) is 10.4. The van der Waals surface area contributed by atoms with Gasteiger partial charge in [0.1, 0.15) is 6.61 Å². The molecule has 0 amide bonds. The molecular formula is C15H26O5. The van der Waals surface area contributed by atoms with Gasteiger partial charge < -0.3 is 19.3 Å². The summed E-state index contributed by atoms with van der Waals surface area (Å²) in [5.74, 6) is -0.323. The number of hydrogen-bond donors (Lipinski definition) is 1. The third kappa shape index (κ3) is 4.30. The minimum atomic E-state index is -0.444. The molecule has 1 fully saturated rings. The van der Waals surface area contributed by atoms with Crippen molar-refractivity contribution in [3.8, 4) is 0 Å². The molecule has 1 rings (SSSR count). The predicted octanol–water partition coefficient (Wildman–Crippen LogP) is 1.89. The van der Waals surface area contributed by atoms with Crippen molar-refractivity contribution in [2.24, 2.45) is 10.8 Å². The van der Waals surface area contributed by atoms with Crippen molar-refractivity contribution in [1.29, 1.82) is 0 Å². The van der Waals surface area contributed by atoms with Gasteiger partial charge in [0.15, 0.2) is 6.29 Å². The van der Waals surface area contributed by atoms with Gasteiger partial charge in [-0.25, -0.2) is 4.79 Å². The van der Waals surface area contributed by atoms with Gasteiger partial charge in [-0.05, 0) is 13.8 Å². The van der Waals surface area contributed by atoms with Crippen LogP contribution in [0, 0.1) is 10.8 Å². The van der Waals surface area contributed by atoms with Crippen molar-refractivity contribution in [3.63, 3.8) is 0 Å². The molecule has 0 aliphatic carbocycles. The maximum absolute atomic E-state index is 11.6. The predicted molar refractivity (Wildman–Crippen MR) is 75.1 cm³/mol. The molecule has 5 nitrogen and oxygen atoms in total. The Bertz CT molecular complexity index is 364. The average molecular weight is 286 g/mol. The fraction of sp³-hybridized carbons (Fsp3) is 0.800. The number of carbonyl (C=O) groups is 1. The van der Waals surface area contributed by atoms with E-state index in [1.807, 2.05) is 20.8 Å². The summed E-state index contributed by atoms with van der Waals surface area (Å²) in [5.41, 5.74) is -0.218. The number of esters is 1. The smallest absolute Gasteiger partial charge is 0.333 e. The topological polar surface area (TPSA) is 65.0 Å². The van der Waals surface area contributed by atoms with E-state index in [-0.39, 0.29) is 24.6 Å². The van der Waals surface area contributed by atoms with E-state index in [1.165, 1.54) is 0 Å². The minimum absolute atomic E-state index is 0.0234. The van der Waals surface area contributed by atoms with Crippen LogP contribution in [0.1, 0.15) is 34.6 Å². The van der Waals surface area contributed by atoms with Crippen LogP contribution in [0.25, 0.3) is 0 Å². The molecule has 0 saturated carbocycles. The van der Waals surface area contributed by atoms with Crippen LogP contribution in [0.5, 0.6) is 0 Å².